The Bertz CT molecular complexity index is 482. The van der Waals surface area contributed by atoms with Gasteiger partial charge in [-0.15, -0.1) is 0 Å². The molecule has 1 aromatic carbocycles. The van der Waals surface area contributed by atoms with Crippen LogP contribution in [-0.4, -0.2) is 54.5 Å². The molecule has 21 heavy (non-hydrogen) atoms. The van der Waals surface area contributed by atoms with E-state index in [9.17, 15) is 0 Å². The average Bonchev–Trinajstić information content (AvgIpc) is 2.49. The lowest BCUT2D eigenvalue weighted by atomic mass is 9.66. The van der Waals surface area contributed by atoms with Crippen LogP contribution in [0.3, 0.4) is 0 Å². The highest BCUT2D eigenvalue weighted by Gasteiger charge is 2.39. The second kappa shape index (κ2) is 6.07. The molecular formula is C18H28N2O. The van der Waals surface area contributed by atoms with Crippen molar-refractivity contribution in [3.63, 3.8) is 0 Å². The maximum Gasteiger partial charge on any atom is 0.0128 e. The molecule has 1 saturated carbocycles. The quantitative estimate of drug-likeness (QED) is 0.792. The molecule has 3 unspecified atom stereocenters. The van der Waals surface area contributed by atoms with Crippen LogP contribution in [0.5, 0.6) is 0 Å². The van der Waals surface area contributed by atoms with Crippen LogP contribution in [0.25, 0.3) is 0 Å². The Hall–Kier alpha value is -0.900. The average molecular weight is 288 g/mol. The van der Waals surface area contributed by atoms with E-state index in [1.54, 1.807) is 11.1 Å². The third-order valence-corrected chi connectivity index (χ3v) is 5.93. The van der Waals surface area contributed by atoms with Crippen LogP contribution in [0.15, 0.2) is 24.3 Å². The minimum atomic E-state index is 0. The van der Waals surface area contributed by atoms with Gasteiger partial charge in [-0.2, -0.15) is 0 Å². The zero-order chi connectivity index (χ0) is 13.5. The van der Waals surface area contributed by atoms with Crippen LogP contribution in [0.1, 0.15) is 36.3 Å². The maximum atomic E-state index is 2.80. The number of rotatable bonds is 1. The van der Waals surface area contributed by atoms with Gasteiger partial charge in [0.05, 0.1) is 0 Å². The standard InChI is InChI=1S/C18H26N2.H2O/c1-19-8-10-20(11-9-19)18-7-6-15-13-16(18)12-14-4-2-3-5-17(14)15;/h2-5,15-16,18H,6-13H2,1H3;1H2. The minimum absolute atomic E-state index is 0. The van der Waals surface area contributed by atoms with E-state index in [2.05, 4.69) is 41.1 Å². The third kappa shape index (κ3) is 2.75. The van der Waals surface area contributed by atoms with E-state index in [1.807, 2.05) is 0 Å². The fraction of sp³-hybridized carbons (Fsp3) is 0.667. The number of benzene rings is 1. The molecule has 3 atom stereocenters. The van der Waals surface area contributed by atoms with E-state index in [0.717, 1.165) is 17.9 Å². The van der Waals surface area contributed by atoms with Crippen molar-refractivity contribution in [1.29, 1.82) is 0 Å². The van der Waals surface area contributed by atoms with Gasteiger partial charge in [0.2, 0.25) is 0 Å². The molecule has 3 nitrogen and oxygen atoms in total. The summed E-state index contributed by atoms with van der Waals surface area (Å²) < 4.78 is 0. The molecule has 0 spiro atoms. The summed E-state index contributed by atoms with van der Waals surface area (Å²) in [5.74, 6) is 1.76. The Labute approximate surface area is 128 Å². The predicted octanol–water partition coefficient (Wildman–Crippen LogP) is 1.92. The molecule has 1 saturated heterocycles. The molecular weight excluding hydrogens is 260 g/mol. The van der Waals surface area contributed by atoms with Crippen molar-refractivity contribution < 1.29 is 5.48 Å². The highest BCUT2D eigenvalue weighted by atomic mass is 16.0. The van der Waals surface area contributed by atoms with Gasteiger partial charge in [-0.05, 0) is 55.7 Å². The molecule has 1 heterocycles. The van der Waals surface area contributed by atoms with Crippen molar-refractivity contribution in [2.75, 3.05) is 33.2 Å². The van der Waals surface area contributed by atoms with Crippen LogP contribution >= 0.6 is 0 Å². The van der Waals surface area contributed by atoms with Gasteiger partial charge in [0.15, 0.2) is 0 Å². The SMILES string of the molecule is CN1CCN(C2CCC3CC2Cc2ccccc23)CC1.O. The van der Waals surface area contributed by atoms with Gasteiger partial charge in [-0.3, -0.25) is 4.90 Å². The molecule has 3 heteroatoms. The van der Waals surface area contributed by atoms with Crippen LogP contribution in [0.2, 0.25) is 0 Å². The zero-order valence-corrected chi connectivity index (χ0v) is 13.1. The van der Waals surface area contributed by atoms with Crippen molar-refractivity contribution in [2.24, 2.45) is 5.92 Å². The Morgan fingerprint density at radius 3 is 2.57 bits per heavy atom. The van der Waals surface area contributed by atoms with E-state index >= 15 is 0 Å². The van der Waals surface area contributed by atoms with Gasteiger partial charge < -0.3 is 10.4 Å². The van der Waals surface area contributed by atoms with E-state index in [4.69, 9.17) is 0 Å². The number of hydrogen-bond donors (Lipinski definition) is 0. The van der Waals surface area contributed by atoms with E-state index < -0.39 is 0 Å². The fourth-order valence-electron chi connectivity index (χ4n) is 4.78. The van der Waals surface area contributed by atoms with E-state index in [1.165, 1.54) is 51.9 Å². The third-order valence-electron chi connectivity index (χ3n) is 5.93. The van der Waals surface area contributed by atoms with Crippen molar-refractivity contribution in [3.8, 4) is 0 Å². The van der Waals surface area contributed by atoms with Crippen LogP contribution in [0.4, 0.5) is 0 Å². The number of hydrogen-bond acceptors (Lipinski definition) is 2. The smallest absolute Gasteiger partial charge is 0.0128 e. The highest BCUT2D eigenvalue weighted by molar-refractivity contribution is 5.34. The number of nitrogens with zero attached hydrogens (tertiary/aromatic N) is 2. The van der Waals surface area contributed by atoms with Gasteiger partial charge in [0.1, 0.15) is 0 Å². The minimum Gasteiger partial charge on any atom is -0.412 e. The first kappa shape index (κ1) is 15.0. The monoisotopic (exact) mass is 288 g/mol. The molecule has 116 valence electrons. The number of fused-ring (bicyclic) bond motifs is 4. The summed E-state index contributed by atoms with van der Waals surface area (Å²) in [6, 6.07) is 10.1. The van der Waals surface area contributed by atoms with Gasteiger partial charge in [0, 0.05) is 32.2 Å². The van der Waals surface area contributed by atoms with Gasteiger partial charge in [0.25, 0.3) is 0 Å². The Balaban J connectivity index is 0.00000132. The zero-order valence-electron chi connectivity index (χ0n) is 13.1. The summed E-state index contributed by atoms with van der Waals surface area (Å²) in [6.07, 6.45) is 5.59. The summed E-state index contributed by atoms with van der Waals surface area (Å²) in [5, 5.41) is 0. The van der Waals surface area contributed by atoms with Crippen molar-refractivity contribution in [2.45, 2.75) is 37.6 Å². The van der Waals surface area contributed by atoms with Crippen molar-refractivity contribution >= 4 is 0 Å². The first-order valence-corrected chi connectivity index (χ1v) is 8.31. The molecule has 1 aromatic rings. The first-order chi connectivity index (χ1) is 9.81. The highest BCUT2D eigenvalue weighted by Crippen LogP contribution is 2.45. The van der Waals surface area contributed by atoms with E-state index in [0.29, 0.717) is 0 Å². The molecule has 0 radical (unpaired) electrons. The summed E-state index contributed by atoms with van der Waals surface area (Å²) in [5.41, 5.74) is 3.31. The second-order valence-electron chi connectivity index (χ2n) is 7.08. The van der Waals surface area contributed by atoms with Gasteiger partial charge >= 0.3 is 0 Å². The van der Waals surface area contributed by atoms with Crippen LogP contribution in [0, 0.1) is 5.92 Å². The largest absolute Gasteiger partial charge is 0.412 e. The molecule has 0 amide bonds. The Morgan fingerprint density at radius 2 is 1.76 bits per heavy atom. The molecule has 3 aliphatic rings. The van der Waals surface area contributed by atoms with Gasteiger partial charge in [-0.1, -0.05) is 24.3 Å². The lowest BCUT2D eigenvalue weighted by molar-refractivity contribution is 0.0492. The normalized spacial score (nSPS) is 33.1. The molecule has 2 aliphatic carbocycles. The van der Waals surface area contributed by atoms with Crippen LogP contribution < -0.4 is 0 Å². The lowest BCUT2D eigenvalue weighted by Gasteiger charge is -2.48. The first-order valence-electron chi connectivity index (χ1n) is 8.31. The number of likely N-dealkylation sites (N-methyl/N-ethyl adjacent to an activating group) is 1. The molecule has 0 aromatic heterocycles. The predicted molar refractivity (Wildman–Crippen MR) is 86.7 cm³/mol. The molecule has 4 rings (SSSR count). The summed E-state index contributed by atoms with van der Waals surface area (Å²) in [4.78, 5) is 5.27. The maximum absolute atomic E-state index is 2.80. The fourth-order valence-corrected chi connectivity index (χ4v) is 4.78. The second-order valence-corrected chi connectivity index (χ2v) is 7.08. The summed E-state index contributed by atoms with van der Waals surface area (Å²) >= 11 is 0. The molecule has 2 N–H and O–H groups in total. The van der Waals surface area contributed by atoms with Gasteiger partial charge in [-0.25, -0.2) is 0 Å². The topological polar surface area (TPSA) is 38.0 Å². The summed E-state index contributed by atoms with van der Waals surface area (Å²) in [6.45, 7) is 5.07. The Kier molecular flexibility index (Phi) is 4.34. The molecule has 2 bridgehead atoms. The Morgan fingerprint density at radius 1 is 1.00 bits per heavy atom. The number of piperazine rings is 1. The molecule has 2 fully saturated rings. The van der Waals surface area contributed by atoms with Crippen molar-refractivity contribution in [1.82, 2.24) is 9.80 Å². The summed E-state index contributed by atoms with van der Waals surface area (Å²) in [7, 11) is 2.26. The molecule has 1 aliphatic heterocycles. The van der Waals surface area contributed by atoms with Crippen molar-refractivity contribution in [3.05, 3.63) is 35.4 Å². The lowest BCUT2D eigenvalue weighted by Crippen LogP contribution is -2.53. The van der Waals surface area contributed by atoms with Crippen LogP contribution in [-0.2, 0) is 6.42 Å². The van der Waals surface area contributed by atoms with E-state index in [-0.39, 0.29) is 5.48 Å².